The quantitative estimate of drug-likeness (QED) is 0.780. The molecule has 0 radical (unpaired) electrons. The van der Waals surface area contributed by atoms with Gasteiger partial charge in [0.2, 0.25) is 5.91 Å². The molecule has 1 amide bonds. The van der Waals surface area contributed by atoms with Gasteiger partial charge in [0.1, 0.15) is 5.37 Å². The average Bonchev–Trinajstić information content (AvgIpc) is 2.79. The van der Waals surface area contributed by atoms with Crippen LogP contribution in [0.4, 0.5) is 8.78 Å². The maximum absolute atomic E-state index is 13.7. The van der Waals surface area contributed by atoms with E-state index < -0.39 is 17.9 Å². The first kappa shape index (κ1) is 15.2. The molecule has 0 aliphatic carbocycles. The van der Waals surface area contributed by atoms with Gasteiger partial charge in [0.25, 0.3) is 0 Å². The summed E-state index contributed by atoms with van der Waals surface area (Å²) in [6.45, 7) is -0.0106. The predicted octanol–water partition coefficient (Wildman–Crippen LogP) is 1.99. The summed E-state index contributed by atoms with van der Waals surface area (Å²) < 4.78 is 37.2. The van der Waals surface area contributed by atoms with Crippen LogP contribution in [0.2, 0.25) is 0 Å². The van der Waals surface area contributed by atoms with Gasteiger partial charge in [0.15, 0.2) is 17.9 Å². The molecular formula is C13H15F2NO3S. The van der Waals surface area contributed by atoms with Crippen LogP contribution in [0.3, 0.4) is 0 Å². The second-order valence-electron chi connectivity index (χ2n) is 4.28. The number of nitrogens with zero attached hydrogens (tertiary/aromatic N) is 1. The van der Waals surface area contributed by atoms with Crippen molar-refractivity contribution in [2.24, 2.45) is 0 Å². The fourth-order valence-electron chi connectivity index (χ4n) is 2.06. The summed E-state index contributed by atoms with van der Waals surface area (Å²) in [5.41, 5.74) is 0.136. The van der Waals surface area contributed by atoms with E-state index in [1.54, 1.807) is 0 Å². The maximum atomic E-state index is 13.7. The van der Waals surface area contributed by atoms with E-state index in [2.05, 4.69) is 0 Å². The Kier molecular flexibility index (Phi) is 4.95. The Bertz CT molecular complexity index is 497. The van der Waals surface area contributed by atoms with Gasteiger partial charge in [-0.3, -0.25) is 4.79 Å². The van der Waals surface area contributed by atoms with Crippen molar-refractivity contribution in [1.29, 1.82) is 0 Å². The molecule has 4 nitrogen and oxygen atoms in total. The average molecular weight is 303 g/mol. The molecule has 1 aromatic carbocycles. The van der Waals surface area contributed by atoms with Crippen molar-refractivity contribution in [3.05, 3.63) is 35.4 Å². The summed E-state index contributed by atoms with van der Waals surface area (Å²) in [7, 11) is 2.94. The Morgan fingerprint density at radius 3 is 2.75 bits per heavy atom. The standard InChI is InChI=1S/C13H15F2NO3S/c1-18-13(19-2)12-16(10(17)7-20-12)6-8-4-3-5-9(14)11(8)15/h3-5,12-13H,6-7H2,1-2H3. The van der Waals surface area contributed by atoms with Gasteiger partial charge >= 0.3 is 0 Å². The van der Waals surface area contributed by atoms with Gasteiger partial charge in [-0.2, -0.15) is 0 Å². The third kappa shape index (κ3) is 2.94. The lowest BCUT2D eigenvalue weighted by Crippen LogP contribution is -2.41. The lowest BCUT2D eigenvalue weighted by molar-refractivity contribution is -0.146. The Labute approximate surface area is 120 Å². The number of carbonyl (C=O) groups is 1. The van der Waals surface area contributed by atoms with Crippen LogP contribution in [0.15, 0.2) is 18.2 Å². The van der Waals surface area contributed by atoms with Crippen LogP contribution >= 0.6 is 11.8 Å². The SMILES string of the molecule is COC(OC)C1SCC(=O)N1Cc1cccc(F)c1F. The Hall–Kier alpha value is -1.18. The van der Waals surface area contributed by atoms with E-state index in [0.29, 0.717) is 0 Å². The van der Waals surface area contributed by atoms with Crippen molar-refractivity contribution in [3.8, 4) is 0 Å². The van der Waals surface area contributed by atoms with Crippen LogP contribution in [-0.2, 0) is 20.8 Å². The van der Waals surface area contributed by atoms with Crippen molar-refractivity contribution < 1.29 is 23.0 Å². The third-order valence-electron chi connectivity index (χ3n) is 3.07. The largest absolute Gasteiger partial charge is 0.353 e. The van der Waals surface area contributed by atoms with Gasteiger partial charge in [-0.25, -0.2) is 8.78 Å². The zero-order valence-corrected chi connectivity index (χ0v) is 12.0. The zero-order chi connectivity index (χ0) is 14.7. The van der Waals surface area contributed by atoms with E-state index in [-0.39, 0.29) is 29.1 Å². The summed E-state index contributed by atoms with van der Waals surface area (Å²) in [5, 5.41) is -0.375. The molecule has 20 heavy (non-hydrogen) atoms. The molecule has 2 rings (SSSR count). The third-order valence-corrected chi connectivity index (χ3v) is 4.31. The number of methoxy groups -OCH3 is 2. The fourth-order valence-corrected chi connectivity index (χ4v) is 3.29. The van der Waals surface area contributed by atoms with Crippen molar-refractivity contribution in [1.82, 2.24) is 4.90 Å². The molecular weight excluding hydrogens is 288 g/mol. The van der Waals surface area contributed by atoms with Crippen molar-refractivity contribution in [2.45, 2.75) is 18.2 Å². The molecule has 110 valence electrons. The second kappa shape index (κ2) is 6.51. The van der Waals surface area contributed by atoms with E-state index in [9.17, 15) is 13.6 Å². The topological polar surface area (TPSA) is 38.8 Å². The lowest BCUT2D eigenvalue weighted by Gasteiger charge is -2.29. The molecule has 0 saturated carbocycles. The first-order valence-corrected chi connectivity index (χ1v) is 7.03. The minimum absolute atomic E-state index is 0.0106. The van der Waals surface area contributed by atoms with Crippen LogP contribution in [0, 0.1) is 11.6 Å². The second-order valence-corrected chi connectivity index (χ2v) is 5.38. The lowest BCUT2D eigenvalue weighted by atomic mass is 10.2. The monoisotopic (exact) mass is 303 g/mol. The van der Waals surface area contributed by atoms with Crippen LogP contribution in [0.1, 0.15) is 5.56 Å². The molecule has 1 aliphatic rings. The zero-order valence-electron chi connectivity index (χ0n) is 11.1. The molecule has 1 aliphatic heterocycles. The minimum atomic E-state index is -0.928. The van der Waals surface area contributed by atoms with Crippen LogP contribution in [0.25, 0.3) is 0 Å². The van der Waals surface area contributed by atoms with Crippen molar-refractivity contribution in [3.63, 3.8) is 0 Å². The van der Waals surface area contributed by atoms with E-state index >= 15 is 0 Å². The maximum Gasteiger partial charge on any atom is 0.234 e. The molecule has 1 heterocycles. The molecule has 1 fully saturated rings. The highest BCUT2D eigenvalue weighted by molar-refractivity contribution is 8.01. The normalized spacial score (nSPS) is 19.1. The smallest absolute Gasteiger partial charge is 0.234 e. The molecule has 1 aromatic rings. The van der Waals surface area contributed by atoms with E-state index in [4.69, 9.17) is 9.47 Å². The van der Waals surface area contributed by atoms with Crippen molar-refractivity contribution >= 4 is 17.7 Å². The van der Waals surface area contributed by atoms with Crippen LogP contribution < -0.4 is 0 Å². The molecule has 0 spiro atoms. The number of thioether (sulfide) groups is 1. The molecule has 0 bridgehead atoms. The number of benzene rings is 1. The molecule has 0 aromatic heterocycles. The summed E-state index contributed by atoms with van der Waals surface area (Å²) in [4.78, 5) is 13.3. The molecule has 0 N–H and O–H groups in total. The first-order valence-electron chi connectivity index (χ1n) is 5.98. The number of halogens is 2. The highest BCUT2D eigenvalue weighted by atomic mass is 32.2. The molecule has 7 heteroatoms. The molecule has 1 unspecified atom stereocenters. The van der Waals surface area contributed by atoms with Gasteiger partial charge in [0, 0.05) is 26.3 Å². The summed E-state index contributed by atoms with van der Waals surface area (Å²) >= 11 is 1.36. The van der Waals surface area contributed by atoms with Gasteiger partial charge in [-0.15, -0.1) is 11.8 Å². The first-order chi connectivity index (χ1) is 9.58. The number of carbonyl (C=O) groups excluding carboxylic acids is 1. The molecule has 1 atom stereocenters. The van der Waals surface area contributed by atoms with E-state index in [0.717, 1.165) is 6.07 Å². The summed E-state index contributed by atoms with van der Waals surface area (Å²) in [6, 6.07) is 3.92. The van der Waals surface area contributed by atoms with Gasteiger partial charge in [-0.05, 0) is 6.07 Å². The number of rotatable bonds is 5. The Balaban J connectivity index is 2.21. The highest BCUT2D eigenvalue weighted by Crippen LogP contribution is 2.31. The Morgan fingerprint density at radius 2 is 2.10 bits per heavy atom. The van der Waals surface area contributed by atoms with E-state index in [1.165, 1.54) is 43.0 Å². The Morgan fingerprint density at radius 1 is 1.40 bits per heavy atom. The number of amides is 1. The fraction of sp³-hybridized carbons (Fsp3) is 0.462. The van der Waals surface area contributed by atoms with E-state index in [1.807, 2.05) is 0 Å². The van der Waals surface area contributed by atoms with Crippen molar-refractivity contribution in [2.75, 3.05) is 20.0 Å². The molecule has 1 saturated heterocycles. The minimum Gasteiger partial charge on any atom is -0.353 e. The predicted molar refractivity (Wildman–Crippen MR) is 71.0 cm³/mol. The van der Waals surface area contributed by atoms with Crippen LogP contribution in [-0.4, -0.2) is 42.4 Å². The van der Waals surface area contributed by atoms with Crippen LogP contribution in [0.5, 0.6) is 0 Å². The van der Waals surface area contributed by atoms with Gasteiger partial charge in [-0.1, -0.05) is 12.1 Å². The van der Waals surface area contributed by atoms with Gasteiger partial charge in [0.05, 0.1) is 5.75 Å². The summed E-state index contributed by atoms with van der Waals surface area (Å²) in [6.07, 6.45) is -0.608. The summed E-state index contributed by atoms with van der Waals surface area (Å²) in [5.74, 6) is -1.73. The number of hydrogen-bond acceptors (Lipinski definition) is 4. The highest BCUT2D eigenvalue weighted by Gasteiger charge is 2.38. The number of ether oxygens (including phenoxy) is 2. The number of hydrogen-bond donors (Lipinski definition) is 0. The van der Waals surface area contributed by atoms with Gasteiger partial charge < -0.3 is 14.4 Å².